The highest BCUT2D eigenvalue weighted by atomic mass is 16.5. The van der Waals surface area contributed by atoms with Crippen LogP contribution in [0.2, 0.25) is 0 Å². The molecule has 8 aromatic rings. The average Bonchev–Trinajstić information content (AvgIpc) is 3.54. The molecule has 2 aliphatic rings. The normalized spacial score (nSPS) is 14.5. The van der Waals surface area contributed by atoms with Crippen molar-refractivity contribution in [1.29, 1.82) is 10.5 Å². The third-order valence-electron chi connectivity index (χ3n) is 10.5. The van der Waals surface area contributed by atoms with Gasteiger partial charge in [0.1, 0.15) is 11.5 Å². The first kappa shape index (κ1) is 31.1. The van der Waals surface area contributed by atoms with Gasteiger partial charge in [0.2, 0.25) is 0 Å². The van der Waals surface area contributed by atoms with Crippen LogP contribution in [0.15, 0.2) is 164 Å². The van der Waals surface area contributed by atoms with Crippen LogP contribution in [0.4, 0.5) is 0 Å². The lowest BCUT2D eigenvalue weighted by atomic mass is 9.65. The van der Waals surface area contributed by atoms with Gasteiger partial charge >= 0.3 is 0 Å². The molecule has 2 heterocycles. The predicted molar refractivity (Wildman–Crippen MR) is 208 cm³/mol. The van der Waals surface area contributed by atoms with Gasteiger partial charge in [-0.15, -0.1) is 0 Å². The van der Waals surface area contributed by atoms with E-state index in [1.807, 2.05) is 84.9 Å². The van der Waals surface area contributed by atoms with Crippen LogP contribution in [0.5, 0.6) is 11.5 Å². The molecule has 0 radical (unpaired) electrons. The van der Waals surface area contributed by atoms with Gasteiger partial charge in [0.25, 0.3) is 0 Å². The summed E-state index contributed by atoms with van der Waals surface area (Å²) in [6, 6.07) is 59.1. The van der Waals surface area contributed by atoms with Crippen LogP contribution in [-0.4, -0.2) is 15.0 Å². The summed E-state index contributed by atoms with van der Waals surface area (Å²) >= 11 is 0. The lowest BCUT2D eigenvalue weighted by Gasteiger charge is -2.40. The summed E-state index contributed by atoms with van der Waals surface area (Å²) in [5.41, 5.74) is 10.6. The maximum absolute atomic E-state index is 10.3. The van der Waals surface area contributed by atoms with Crippen molar-refractivity contribution in [3.8, 4) is 80.1 Å². The van der Waals surface area contributed by atoms with E-state index in [1.54, 1.807) is 12.1 Å². The minimum Gasteiger partial charge on any atom is -0.456 e. The number of fused-ring (bicyclic) bond motifs is 9. The Morgan fingerprint density at radius 1 is 0.444 bits per heavy atom. The zero-order chi connectivity index (χ0) is 36.2. The monoisotopic (exact) mass is 689 g/mol. The molecular formula is C48H27N5O. The van der Waals surface area contributed by atoms with Crippen molar-refractivity contribution in [3.63, 3.8) is 0 Å². The van der Waals surface area contributed by atoms with Crippen molar-refractivity contribution in [2.45, 2.75) is 5.41 Å². The Kier molecular flexibility index (Phi) is 7.05. The second-order valence-corrected chi connectivity index (χ2v) is 13.3. The number of hydrogen-bond acceptors (Lipinski definition) is 6. The van der Waals surface area contributed by atoms with Gasteiger partial charge in [0, 0.05) is 27.8 Å². The third-order valence-corrected chi connectivity index (χ3v) is 10.5. The number of nitrogens with zero attached hydrogens (tertiary/aromatic N) is 5. The van der Waals surface area contributed by atoms with E-state index >= 15 is 0 Å². The fraction of sp³-hybridized carbons (Fsp3) is 0.0208. The van der Waals surface area contributed by atoms with E-state index in [4.69, 9.17) is 19.7 Å². The molecule has 1 atom stereocenters. The van der Waals surface area contributed by atoms with E-state index in [1.165, 1.54) is 0 Å². The summed E-state index contributed by atoms with van der Waals surface area (Å²) in [5, 5.41) is 19.9. The van der Waals surface area contributed by atoms with Crippen LogP contribution >= 0.6 is 0 Å². The van der Waals surface area contributed by atoms with Crippen molar-refractivity contribution in [2.75, 3.05) is 0 Å². The summed E-state index contributed by atoms with van der Waals surface area (Å²) in [4.78, 5) is 15.1. The van der Waals surface area contributed by atoms with E-state index in [9.17, 15) is 10.5 Å². The molecule has 10 rings (SSSR count). The Bertz CT molecular complexity index is 2830. The smallest absolute Gasteiger partial charge is 0.167 e. The highest BCUT2D eigenvalue weighted by Gasteiger charge is 2.52. The molecule has 0 fully saturated rings. The fourth-order valence-corrected chi connectivity index (χ4v) is 8.24. The number of aromatic nitrogens is 3. The van der Waals surface area contributed by atoms with Crippen molar-refractivity contribution in [1.82, 2.24) is 15.0 Å². The molecule has 1 aliphatic carbocycles. The zero-order valence-electron chi connectivity index (χ0n) is 28.7. The first-order chi connectivity index (χ1) is 26.7. The summed E-state index contributed by atoms with van der Waals surface area (Å²) in [7, 11) is 0. The van der Waals surface area contributed by atoms with Gasteiger partial charge in [-0.25, -0.2) is 15.0 Å². The molecule has 1 aliphatic heterocycles. The maximum atomic E-state index is 10.3. The topological polar surface area (TPSA) is 95.5 Å². The largest absolute Gasteiger partial charge is 0.456 e. The van der Waals surface area contributed by atoms with Gasteiger partial charge in [-0.2, -0.15) is 10.5 Å². The summed E-state index contributed by atoms with van der Waals surface area (Å²) < 4.78 is 6.97. The summed E-state index contributed by atoms with van der Waals surface area (Å²) in [6.45, 7) is 0. The summed E-state index contributed by atoms with van der Waals surface area (Å²) in [6.07, 6.45) is 0. The second-order valence-electron chi connectivity index (χ2n) is 13.3. The molecular weight excluding hydrogens is 663 g/mol. The molecule has 1 aromatic heterocycles. The first-order valence-electron chi connectivity index (χ1n) is 17.6. The highest BCUT2D eigenvalue weighted by molar-refractivity contribution is 5.98. The minimum atomic E-state index is -0.779. The number of para-hydroxylation sites is 2. The minimum absolute atomic E-state index is 0.448. The van der Waals surface area contributed by atoms with Gasteiger partial charge < -0.3 is 4.74 Å². The number of ether oxygens (including phenoxy) is 1. The van der Waals surface area contributed by atoms with Crippen LogP contribution in [-0.2, 0) is 5.41 Å². The Balaban J connectivity index is 1.28. The molecule has 6 nitrogen and oxygen atoms in total. The van der Waals surface area contributed by atoms with E-state index < -0.39 is 5.41 Å². The lowest BCUT2D eigenvalue weighted by Crippen LogP contribution is -2.32. The average molecular weight is 690 g/mol. The molecule has 0 saturated heterocycles. The molecule has 0 N–H and O–H groups in total. The molecule has 1 unspecified atom stereocenters. The SMILES string of the molecule is N#Cc1ccc(-c2cccc3c2-c2ccccc2C32c3ccccc3Oc3c(-c4nc(-c5ccccc5)nc(-c5ccccc5)n4)cccc32)c(C#N)c1. The van der Waals surface area contributed by atoms with Gasteiger partial charge in [-0.05, 0) is 52.1 Å². The Labute approximate surface area is 311 Å². The number of benzene rings is 7. The molecule has 7 aromatic carbocycles. The predicted octanol–water partition coefficient (Wildman–Crippen LogP) is 10.8. The molecule has 0 saturated carbocycles. The molecule has 0 bridgehead atoms. The highest BCUT2D eigenvalue weighted by Crippen LogP contribution is 2.64. The fourth-order valence-electron chi connectivity index (χ4n) is 8.24. The molecule has 0 amide bonds. The van der Waals surface area contributed by atoms with Crippen LogP contribution < -0.4 is 4.74 Å². The van der Waals surface area contributed by atoms with Gasteiger partial charge in [-0.1, -0.05) is 140 Å². The molecule has 1 spiro atoms. The molecule has 54 heavy (non-hydrogen) atoms. The Morgan fingerprint density at radius 2 is 1.02 bits per heavy atom. The number of hydrogen-bond donors (Lipinski definition) is 0. The van der Waals surface area contributed by atoms with Crippen LogP contribution in [0.1, 0.15) is 33.4 Å². The van der Waals surface area contributed by atoms with Crippen LogP contribution in [0.3, 0.4) is 0 Å². The van der Waals surface area contributed by atoms with Crippen LogP contribution in [0, 0.1) is 22.7 Å². The quantitative estimate of drug-likeness (QED) is 0.182. The molecule has 250 valence electrons. The van der Waals surface area contributed by atoms with E-state index in [2.05, 4.69) is 78.9 Å². The maximum Gasteiger partial charge on any atom is 0.167 e. The first-order valence-corrected chi connectivity index (χ1v) is 17.6. The van der Waals surface area contributed by atoms with Crippen LogP contribution in [0.25, 0.3) is 56.4 Å². The zero-order valence-corrected chi connectivity index (χ0v) is 28.7. The van der Waals surface area contributed by atoms with Gasteiger partial charge in [0.05, 0.1) is 34.2 Å². The van der Waals surface area contributed by atoms with E-state index in [-0.39, 0.29) is 0 Å². The number of rotatable bonds is 4. The summed E-state index contributed by atoms with van der Waals surface area (Å²) in [5.74, 6) is 3.05. The van der Waals surface area contributed by atoms with Crippen molar-refractivity contribution in [3.05, 3.63) is 197 Å². The van der Waals surface area contributed by atoms with Gasteiger partial charge in [0.15, 0.2) is 17.5 Å². The Hall–Kier alpha value is -7.67. The molecule has 6 heteroatoms. The van der Waals surface area contributed by atoms with E-state index in [0.717, 1.165) is 66.9 Å². The van der Waals surface area contributed by atoms with Gasteiger partial charge in [-0.3, -0.25) is 0 Å². The number of nitriles is 2. The van der Waals surface area contributed by atoms with Crippen molar-refractivity contribution < 1.29 is 4.74 Å². The Morgan fingerprint density at radius 3 is 1.72 bits per heavy atom. The second kappa shape index (κ2) is 12.2. The van der Waals surface area contributed by atoms with E-state index in [0.29, 0.717) is 34.3 Å². The van der Waals surface area contributed by atoms with Crippen molar-refractivity contribution >= 4 is 0 Å². The standard InChI is InChI=1S/C48H27N5O/c49-28-30-25-26-34(33(27-30)29-50)35-18-11-22-40-43(35)36-17-7-8-20-38(36)48(40)39-21-9-10-24-42(39)54-44-37(19-12-23-41(44)48)47-52-45(31-13-3-1-4-14-31)51-46(53-47)32-15-5-2-6-16-32/h1-27H. The third kappa shape index (κ3) is 4.54. The van der Waals surface area contributed by atoms with Crippen molar-refractivity contribution in [2.24, 2.45) is 0 Å². The lowest BCUT2D eigenvalue weighted by molar-refractivity contribution is 0.437.